The summed E-state index contributed by atoms with van der Waals surface area (Å²) in [5.41, 5.74) is 1.91. The monoisotopic (exact) mass is 454 g/mol. The van der Waals surface area contributed by atoms with Gasteiger partial charge in [0.25, 0.3) is 5.91 Å². The molecule has 3 saturated heterocycles. The Kier molecular flexibility index (Phi) is 6.79. The molecule has 3 heterocycles. The van der Waals surface area contributed by atoms with E-state index < -0.39 is 29.6 Å². The molecular formula is C19H30N6O5S. The van der Waals surface area contributed by atoms with E-state index in [9.17, 15) is 24.0 Å². The van der Waals surface area contributed by atoms with Crippen molar-refractivity contribution in [3.63, 3.8) is 0 Å². The van der Waals surface area contributed by atoms with Crippen LogP contribution in [0.1, 0.15) is 40.0 Å². The lowest BCUT2D eigenvalue weighted by Crippen LogP contribution is -2.61. The van der Waals surface area contributed by atoms with E-state index in [1.54, 1.807) is 23.8 Å². The minimum absolute atomic E-state index is 0.163. The van der Waals surface area contributed by atoms with Crippen LogP contribution in [0.5, 0.6) is 0 Å². The highest BCUT2D eigenvalue weighted by molar-refractivity contribution is 8.00. The predicted molar refractivity (Wildman–Crippen MR) is 113 cm³/mol. The second kappa shape index (κ2) is 9.03. The molecule has 3 aliphatic heterocycles. The van der Waals surface area contributed by atoms with Crippen molar-refractivity contribution in [1.82, 2.24) is 31.3 Å². The summed E-state index contributed by atoms with van der Waals surface area (Å²) in [4.78, 5) is 63.4. The number of likely N-dealkylation sites (N-methyl/N-ethyl adjacent to an activating group) is 1. The van der Waals surface area contributed by atoms with Gasteiger partial charge in [-0.05, 0) is 26.7 Å². The molecule has 3 fully saturated rings. The first kappa shape index (κ1) is 23.3. The zero-order valence-corrected chi connectivity index (χ0v) is 19.0. The zero-order valence-electron chi connectivity index (χ0n) is 18.2. The molecule has 0 aromatic rings. The standard InChI is InChI=1S/C19H30N6O5S/c1-10(15(27)20-4)22-17(29)13-9-31-14-8-19(18(30)25(13)14)6-5-7-24(19)23-16(28)11(2)21-12(3)26/h10-11,13-14H,5-9H2,1-4H3,(H,20,27)(H,21,26)(H,22,29)(H,23,28)/t10-,11-,13+,14+,19?/m0/s1. The number of thioether (sulfide) groups is 1. The van der Waals surface area contributed by atoms with Gasteiger partial charge in [0.05, 0.1) is 5.37 Å². The minimum Gasteiger partial charge on any atom is -0.357 e. The molecular weight excluding hydrogens is 424 g/mol. The zero-order chi connectivity index (χ0) is 22.9. The van der Waals surface area contributed by atoms with Crippen molar-refractivity contribution in [1.29, 1.82) is 0 Å². The average molecular weight is 455 g/mol. The van der Waals surface area contributed by atoms with Crippen LogP contribution in [0.3, 0.4) is 0 Å². The van der Waals surface area contributed by atoms with Gasteiger partial charge in [-0.25, -0.2) is 5.01 Å². The number of hydrogen-bond acceptors (Lipinski definition) is 7. The fourth-order valence-corrected chi connectivity index (χ4v) is 5.99. The molecule has 11 nitrogen and oxygen atoms in total. The summed E-state index contributed by atoms with van der Waals surface area (Å²) < 4.78 is 0. The maximum Gasteiger partial charge on any atom is 0.256 e. The fourth-order valence-electron chi connectivity index (χ4n) is 4.48. The summed E-state index contributed by atoms with van der Waals surface area (Å²) in [7, 11) is 1.50. The Labute approximate surface area is 185 Å². The first-order valence-corrected chi connectivity index (χ1v) is 11.5. The smallest absolute Gasteiger partial charge is 0.256 e. The van der Waals surface area contributed by atoms with E-state index in [0.29, 0.717) is 25.1 Å². The Balaban J connectivity index is 1.71. The quantitative estimate of drug-likeness (QED) is 0.375. The van der Waals surface area contributed by atoms with Crippen molar-refractivity contribution in [2.45, 2.75) is 69.1 Å². The molecule has 5 atom stereocenters. The van der Waals surface area contributed by atoms with Gasteiger partial charge < -0.3 is 20.9 Å². The largest absolute Gasteiger partial charge is 0.357 e. The molecule has 5 amide bonds. The lowest BCUT2D eigenvalue weighted by molar-refractivity contribution is -0.146. The van der Waals surface area contributed by atoms with E-state index in [1.807, 2.05) is 0 Å². The van der Waals surface area contributed by atoms with Crippen molar-refractivity contribution < 1.29 is 24.0 Å². The van der Waals surface area contributed by atoms with Crippen LogP contribution < -0.4 is 21.4 Å². The summed E-state index contributed by atoms with van der Waals surface area (Å²) in [6.45, 7) is 5.02. The lowest BCUT2D eigenvalue weighted by atomic mass is 9.95. The Hall–Kier alpha value is -2.34. The lowest BCUT2D eigenvalue weighted by Gasteiger charge is -2.35. The van der Waals surface area contributed by atoms with Crippen molar-refractivity contribution in [2.24, 2.45) is 0 Å². The molecule has 1 spiro atoms. The molecule has 3 aliphatic rings. The Bertz CT molecular complexity index is 794. The molecule has 31 heavy (non-hydrogen) atoms. The van der Waals surface area contributed by atoms with Crippen LogP contribution in [0.2, 0.25) is 0 Å². The number of rotatable bonds is 6. The summed E-state index contributed by atoms with van der Waals surface area (Å²) in [6.07, 6.45) is 1.81. The van der Waals surface area contributed by atoms with Crippen LogP contribution in [0.15, 0.2) is 0 Å². The van der Waals surface area contributed by atoms with Crippen LogP contribution in [0.4, 0.5) is 0 Å². The van der Waals surface area contributed by atoms with Gasteiger partial charge in [0.15, 0.2) is 0 Å². The topological polar surface area (TPSA) is 140 Å². The Morgan fingerprint density at radius 1 is 1.13 bits per heavy atom. The van der Waals surface area contributed by atoms with Gasteiger partial charge in [-0.2, -0.15) is 0 Å². The highest BCUT2D eigenvalue weighted by Gasteiger charge is 2.62. The average Bonchev–Trinajstić information content (AvgIpc) is 3.37. The summed E-state index contributed by atoms with van der Waals surface area (Å²) in [5, 5.41) is 9.22. The molecule has 4 N–H and O–H groups in total. The van der Waals surface area contributed by atoms with E-state index in [0.717, 1.165) is 6.42 Å². The van der Waals surface area contributed by atoms with E-state index in [4.69, 9.17) is 0 Å². The number of hydrogen-bond donors (Lipinski definition) is 4. The summed E-state index contributed by atoms with van der Waals surface area (Å²) in [5.74, 6) is -1.09. The number of nitrogens with one attached hydrogen (secondary N) is 4. The Morgan fingerprint density at radius 2 is 1.81 bits per heavy atom. The van der Waals surface area contributed by atoms with E-state index >= 15 is 0 Å². The van der Waals surface area contributed by atoms with Crippen LogP contribution in [-0.4, -0.2) is 87.8 Å². The van der Waals surface area contributed by atoms with Gasteiger partial charge >= 0.3 is 0 Å². The summed E-state index contributed by atoms with van der Waals surface area (Å²) in [6, 6.07) is -2.10. The van der Waals surface area contributed by atoms with E-state index in [1.165, 1.54) is 25.7 Å². The fraction of sp³-hybridized carbons (Fsp3) is 0.737. The SMILES string of the molecule is CNC(=O)[C@H](C)NC(=O)[C@H]1CS[C@@H]2CC3(CCCN3NC(=O)[C@H](C)NC(C)=O)C(=O)N12. The first-order chi connectivity index (χ1) is 14.6. The molecule has 172 valence electrons. The number of amides is 5. The second-order valence-corrected chi connectivity index (χ2v) is 9.46. The molecule has 0 saturated carbocycles. The third kappa shape index (κ3) is 4.36. The number of nitrogens with zero attached hydrogens (tertiary/aromatic N) is 2. The highest BCUT2D eigenvalue weighted by atomic mass is 32.2. The van der Waals surface area contributed by atoms with Crippen LogP contribution in [0, 0.1) is 0 Å². The molecule has 12 heteroatoms. The number of hydrazine groups is 1. The third-order valence-electron chi connectivity index (χ3n) is 6.09. The third-order valence-corrected chi connectivity index (χ3v) is 7.37. The molecule has 3 rings (SSSR count). The predicted octanol–water partition coefficient (Wildman–Crippen LogP) is -1.70. The maximum atomic E-state index is 13.5. The van der Waals surface area contributed by atoms with E-state index in [2.05, 4.69) is 21.4 Å². The highest BCUT2D eigenvalue weighted by Crippen LogP contribution is 2.48. The molecule has 0 radical (unpaired) electrons. The van der Waals surface area contributed by atoms with Gasteiger partial charge in [-0.1, -0.05) is 0 Å². The van der Waals surface area contributed by atoms with Gasteiger partial charge in [0.1, 0.15) is 23.7 Å². The van der Waals surface area contributed by atoms with Crippen molar-refractivity contribution >= 4 is 41.3 Å². The molecule has 0 aromatic carbocycles. The normalized spacial score (nSPS) is 29.4. The van der Waals surface area contributed by atoms with Crippen LogP contribution in [-0.2, 0) is 24.0 Å². The van der Waals surface area contributed by atoms with Crippen molar-refractivity contribution in [2.75, 3.05) is 19.3 Å². The number of carbonyl (C=O) groups is 5. The molecule has 0 aromatic heterocycles. The van der Waals surface area contributed by atoms with Gasteiger partial charge in [-0.15, -0.1) is 11.8 Å². The van der Waals surface area contributed by atoms with Crippen molar-refractivity contribution in [3.05, 3.63) is 0 Å². The van der Waals surface area contributed by atoms with E-state index in [-0.39, 0.29) is 29.0 Å². The molecule has 1 unspecified atom stereocenters. The van der Waals surface area contributed by atoms with Gasteiger partial charge in [0, 0.05) is 32.7 Å². The summed E-state index contributed by atoms with van der Waals surface area (Å²) >= 11 is 1.54. The molecule has 0 bridgehead atoms. The second-order valence-electron chi connectivity index (χ2n) is 8.25. The maximum absolute atomic E-state index is 13.5. The van der Waals surface area contributed by atoms with Crippen molar-refractivity contribution in [3.8, 4) is 0 Å². The molecule has 0 aliphatic carbocycles. The Morgan fingerprint density at radius 3 is 2.45 bits per heavy atom. The van der Waals surface area contributed by atoms with Crippen LogP contribution >= 0.6 is 11.8 Å². The first-order valence-electron chi connectivity index (χ1n) is 10.4. The minimum atomic E-state index is -0.894. The van der Waals surface area contributed by atoms with Crippen LogP contribution in [0.25, 0.3) is 0 Å². The van der Waals surface area contributed by atoms with Gasteiger partial charge in [0.2, 0.25) is 23.6 Å². The van der Waals surface area contributed by atoms with Gasteiger partial charge in [-0.3, -0.25) is 29.4 Å². The number of fused-ring (bicyclic) bond motifs is 1. The number of carbonyl (C=O) groups excluding carboxylic acids is 5.